The number of carbonyl (C=O) groups excluding carboxylic acids is 1. The Morgan fingerprint density at radius 2 is 2.04 bits per heavy atom. The summed E-state index contributed by atoms with van der Waals surface area (Å²) < 4.78 is 0.798. The average molecular weight is 417 g/mol. The van der Waals surface area contributed by atoms with Crippen LogP contribution >= 0.6 is 23.1 Å². The molecule has 1 aliphatic carbocycles. The van der Waals surface area contributed by atoms with Crippen LogP contribution in [0.1, 0.15) is 57.4 Å². The number of amides is 1. The molecular formula is C21H28N4OS2. The first kappa shape index (κ1) is 20.9. The Morgan fingerprint density at radius 1 is 1.21 bits per heavy atom. The molecule has 0 unspecified atom stereocenters. The van der Waals surface area contributed by atoms with Gasteiger partial charge in [-0.05, 0) is 55.7 Å². The van der Waals surface area contributed by atoms with E-state index in [-0.39, 0.29) is 5.91 Å². The maximum atomic E-state index is 12.0. The molecule has 3 rings (SSSR count). The van der Waals surface area contributed by atoms with Gasteiger partial charge in [0.25, 0.3) is 0 Å². The monoisotopic (exact) mass is 416 g/mol. The van der Waals surface area contributed by atoms with Crippen molar-refractivity contribution >= 4 is 39.8 Å². The van der Waals surface area contributed by atoms with Crippen LogP contribution in [0.15, 0.2) is 40.3 Å². The summed E-state index contributed by atoms with van der Waals surface area (Å²) in [6.07, 6.45) is 8.26. The van der Waals surface area contributed by atoms with Crippen LogP contribution in [0.4, 0.5) is 10.8 Å². The predicted octanol–water partition coefficient (Wildman–Crippen LogP) is 5.50. The lowest BCUT2D eigenvalue weighted by Gasteiger charge is -2.12. The second-order valence-corrected chi connectivity index (χ2v) is 9.47. The molecule has 0 bridgehead atoms. The summed E-state index contributed by atoms with van der Waals surface area (Å²) in [6.45, 7) is 5.08. The van der Waals surface area contributed by atoms with Crippen LogP contribution in [0.25, 0.3) is 0 Å². The molecule has 0 radical (unpaired) electrons. The number of benzene rings is 1. The number of aromatic nitrogens is 2. The van der Waals surface area contributed by atoms with Gasteiger partial charge in [-0.15, -0.1) is 10.2 Å². The van der Waals surface area contributed by atoms with Gasteiger partial charge in [0.1, 0.15) is 0 Å². The number of rotatable bonds is 9. The fourth-order valence-electron chi connectivity index (χ4n) is 3.07. The summed E-state index contributed by atoms with van der Waals surface area (Å²) in [4.78, 5) is 12.0. The summed E-state index contributed by atoms with van der Waals surface area (Å²) in [6, 6.07) is 8.35. The molecule has 0 aliphatic heterocycles. The number of nitrogens with zero attached hydrogens (tertiary/aromatic N) is 2. The van der Waals surface area contributed by atoms with E-state index in [0.29, 0.717) is 11.7 Å². The predicted molar refractivity (Wildman–Crippen MR) is 119 cm³/mol. The maximum Gasteiger partial charge on any atom is 0.230 e. The number of thioether (sulfide) groups is 1. The standard InChI is InChI=1S/C21H28N4OS2/c1-15(2)17-8-10-18(11-9-17)23-20-24-25-21(28-20)27-14-19(26)22-13-12-16-6-4-3-5-7-16/h6,8-11,15H,3-5,7,12-14H2,1-2H3,(H,22,26)(H,23,24). The van der Waals surface area contributed by atoms with Crippen molar-refractivity contribution in [3.8, 4) is 0 Å². The molecule has 28 heavy (non-hydrogen) atoms. The van der Waals surface area contributed by atoms with Gasteiger partial charge in [-0.25, -0.2) is 0 Å². The summed E-state index contributed by atoms with van der Waals surface area (Å²) in [7, 11) is 0. The van der Waals surface area contributed by atoms with Crippen LogP contribution in [0.3, 0.4) is 0 Å². The van der Waals surface area contributed by atoms with Gasteiger partial charge in [0.05, 0.1) is 5.75 Å². The van der Waals surface area contributed by atoms with Gasteiger partial charge in [0.2, 0.25) is 11.0 Å². The van der Waals surface area contributed by atoms with Gasteiger partial charge < -0.3 is 10.6 Å². The number of nitrogens with one attached hydrogen (secondary N) is 2. The molecule has 1 heterocycles. The van der Waals surface area contributed by atoms with Gasteiger partial charge in [-0.3, -0.25) is 4.79 Å². The Labute approximate surface area is 175 Å². The summed E-state index contributed by atoms with van der Waals surface area (Å²) in [5, 5.41) is 15.3. The lowest BCUT2D eigenvalue weighted by atomic mass is 9.97. The van der Waals surface area contributed by atoms with Crippen LogP contribution in [0.2, 0.25) is 0 Å². The molecule has 7 heteroatoms. The SMILES string of the molecule is CC(C)c1ccc(Nc2nnc(SCC(=O)NCCC3=CCCCC3)s2)cc1. The van der Waals surface area contributed by atoms with E-state index >= 15 is 0 Å². The summed E-state index contributed by atoms with van der Waals surface area (Å²) in [5.41, 5.74) is 3.79. The molecular weight excluding hydrogens is 388 g/mol. The van der Waals surface area contributed by atoms with E-state index in [1.54, 1.807) is 0 Å². The molecule has 150 valence electrons. The number of hydrogen-bond acceptors (Lipinski definition) is 6. The normalized spacial score (nSPS) is 14.0. The van der Waals surface area contributed by atoms with Crippen LogP contribution < -0.4 is 10.6 Å². The summed E-state index contributed by atoms with van der Waals surface area (Å²) >= 11 is 2.90. The Morgan fingerprint density at radius 3 is 2.75 bits per heavy atom. The first-order valence-corrected chi connectivity index (χ1v) is 11.7. The van der Waals surface area contributed by atoms with Crippen molar-refractivity contribution in [3.05, 3.63) is 41.5 Å². The van der Waals surface area contributed by atoms with Crippen LogP contribution in [-0.4, -0.2) is 28.4 Å². The van der Waals surface area contributed by atoms with Crippen molar-refractivity contribution in [2.24, 2.45) is 0 Å². The van der Waals surface area contributed by atoms with Crippen LogP contribution in [0, 0.1) is 0 Å². The van der Waals surface area contributed by atoms with Crippen molar-refractivity contribution in [3.63, 3.8) is 0 Å². The van der Waals surface area contributed by atoms with Gasteiger partial charge in [-0.1, -0.05) is 60.7 Å². The van der Waals surface area contributed by atoms with E-state index in [4.69, 9.17) is 0 Å². The highest BCUT2D eigenvalue weighted by molar-refractivity contribution is 8.01. The Kier molecular flexibility index (Phi) is 7.91. The molecule has 5 nitrogen and oxygen atoms in total. The van der Waals surface area contributed by atoms with Crippen molar-refractivity contribution in [2.45, 2.75) is 56.2 Å². The van der Waals surface area contributed by atoms with E-state index in [9.17, 15) is 4.79 Å². The molecule has 0 saturated heterocycles. The molecule has 1 aromatic heterocycles. The molecule has 0 saturated carbocycles. The molecule has 1 amide bonds. The minimum atomic E-state index is 0.0513. The largest absolute Gasteiger partial charge is 0.355 e. The fourth-order valence-corrected chi connectivity index (χ4v) is 4.67. The molecule has 1 aromatic carbocycles. The highest BCUT2D eigenvalue weighted by Gasteiger charge is 2.09. The zero-order valence-electron chi connectivity index (χ0n) is 16.5. The van der Waals surface area contributed by atoms with Gasteiger partial charge in [0.15, 0.2) is 4.34 Å². The van der Waals surface area contributed by atoms with Gasteiger partial charge >= 0.3 is 0 Å². The van der Waals surface area contributed by atoms with Crippen molar-refractivity contribution in [1.29, 1.82) is 0 Å². The molecule has 2 N–H and O–H groups in total. The summed E-state index contributed by atoms with van der Waals surface area (Å²) in [5.74, 6) is 0.941. The minimum absolute atomic E-state index is 0.0513. The molecule has 0 spiro atoms. The van der Waals surface area contributed by atoms with Crippen molar-refractivity contribution in [2.75, 3.05) is 17.6 Å². The Bertz CT molecular complexity index is 799. The van der Waals surface area contributed by atoms with E-state index in [2.05, 4.69) is 65.0 Å². The zero-order chi connectivity index (χ0) is 19.8. The fraction of sp³-hybridized carbons (Fsp3) is 0.476. The van der Waals surface area contributed by atoms with Crippen LogP contribution in [-0.2, 0) is 4.79 Å². The van der Waals surface area contributed by atoms with E-state index < -0.39 is 0 Å². The average Bonchev–Trinajstić information content (AvgIpc) is 3.15. The van der Waals surface area contributed by atoms with Crippen molar-refractivity contribution < 1.29 is 4.79 Å². The Hall–Kier alpha value is -1.86. The van der Waals surface area contributed by atoms with E-state index in [1.165, 1.54) is 59.9 Å². The lowest BCUT2D eigenvalue weighted by molar-refractivity contribution is -0.118. The minimum Gasteiger partial charge on any atom is -0.355 e. The smallest absolute Gasteiger partial charge is 0.230 e. The third-order valence-electron chi connectivity index (χ3n) is 4.72. The maximum absolute atomic E-state index is 12.0. The number of hydrogen-bond donors (Lipinski definition) is 2. The topological polar surface area (TPSA) is 66.9 Å². The second-order valence-electron chi connectivity index (χ2n) is 7.27. The van der Waals surface area contributed by atoms with E-state index in [1.807, 2.05) is 0 Å². The van der Waals surface area contributed by atoms with Gasteiger partial charge in [-0.2, -0.15) is 0 Å². The number of allylic oxidation sites excluding steroid dienone is 1. The zero-order valence-corrected chi connectivity index (χ0v) is 18.2. The molecule has 2 aromatic rings. The molecule has 0 fully saturated rings. The quantitative estimate of drug-likeness (QED) is 0.417. The molecule has 0 atom stereocenters. The third kappa shape index (κ3) is 6.63. The number of anilines is 2. The van der Waals surface area contributed by atoms with Crippen molar-refractivity contribution in [1.82, 2.24) is 15.5 Å². The Balaban J connectivity index is 1.39. The third-order valence-corrected chi connectivity index (χ3v) is 6.69. The first-order chi connectivity index (χ1) is 13.6. The highest BCUT2D eigenvalue weighted by Crippen LogP contribution is 2.28. The second kappa shape index (κ2) is 10.6. The van der Waals surface area contributed by atoms with E-state index in [0.717, 1.165) is 28.1 Å². The van der Waals surface area contributed by atoms with Gasteiger partial charge in [0, 0.05) is 12.2 Å². The first-order valence-electron chi connectivity index (χ1n) is 9.88. The highest BCUT2D eigenvalue weighted by atomic mass is 32.2. The lowest BCUT2D eigenvalue weighted by Crippen LogP contribution is -2.26. The molecule has 1 aliphatic rings. The van der Waals surface area contributed by atoms with Crippen LogP contribution in [0.5, 0.6) is 0 Å². The number of carbonyl (C=O) groups is 1.